The third kappa shape index (κ3) is 14.1. The molecule has 0 aliphatic carbocycles. The van der Waals surface area contributed by atoms with Crippen molar-refractivity contribution >= 4 is 29.7 Å². The van der Waals surface area contributed by atoms with E-state index in [0.717, 1.165) is 16.7 Å². The first-order chi connectivity index (χ1) is 23.7. The van der Waals surface area contributed by atoms with Crippen LogP contribution in [0.3, 0.4) is 0 Å². The van der Waals surface area contributed by atoms with E-state index in [-0.39, 0.29) is 38.5 Å². The Bertz CT molecular complexity index is 1550. The van der Waals surface area contributed by atoms with Crippen LogP contribution in [0, 0.1) is 5.92 Å². The molecule has 8 N–H and O–H groups in total. The van der Waals surface area contributed by atoms with E-state index in [0.29, 0.717) is 0 Å². The first kappa shape index (κ1) is 39.2. The van der Waals surface area contributed by atoms with Gasteiger partial charge in [-0.05, 0) is 63.1 Å². The maximum Gasteiger partial charge on any atom is 0.407 e. The highest BCUT2D eigenvalue weighted by molar-refractivity contribution is 5.92. The predicted molar refractivity (Wildman–Crippen MR) is 189 cm³/mol. The van der Waals surface area contributed by atoms with Crippen LogP contribution in [0.2, 0.25) is 0 Å². The van der Waals surface area contributed by atoms with Gasteiger partial charge in [0.1, 0.15) is 17.7 Å². The molecule has 0 radical (unpaired) electrons. The molecule has 0 aromatic heterocycles. The lowest BCUT2D eigenvalue weighted by Crippen LogP contribution is -2.55. The zero-order chi connectivity index (χ0) is 36.7. The third-order valence-corrected chi connectivity index (χ3v) is 7.94. The SMILES string of the molecule is CC(C)(C)OC(=O)N[C@@H](Cc1ccccc1)[C@@H](O)C[C@H](Cc1ccccc1)C(=O)N[C@@H](CCC(N)=O)C(=O)N[C@@H](Cc1ccccc1)C(N)=O. The predicted octanol–water partition coefficient (Wildman–Crippen LogP) is 2.70. The zero-order valence-corrected chi connectivity index (χ0v) is 28.8. The Labute approximate surface area is 293 Å². The molecule has 3 aromatic rings. The number of aliphatic hydroxyl groups excluding tert-OH is 1. The summed E-state index contributed by atoms with van der Waals surface area (Å²) in [6.45, 7) is 5.19. The molecule has 0 fully saturated rings. The number of carbonyl (C=O) groups is 5. The number of alkyl carbamates (subject to hydrolysis) is 1. The third-order valence-electron chi connectivity index (χ3n) is 7.94. The quantitative estimate of drug-likeness (QED) is 0.118. The molecule has 0 heterocycles. The summed E-state index contributed by atoms with van der Waals surface area (Å²) in [4.78, 5) is 64.4. The molecule has 268 valence electrons. The molecule has 0 bridgehead atoms. The molecule has 0 saturated heterocycles. The summed E-state index contributed by atoms with van der Waals surface area (Å²) in [6.07, 6.45) is -1.83. The van der Waals surface area contributed by atoms with E-state index in [1.165, 1.54) is 0 Å². The van der Waals surface area contributed by atoms with Crippen molar-refractivity contribution in [3.63, 3.8) is 0 Å². The number of carbonyl (C=O) groups excluding carboxylic acids is 5. The Hall–Kier alpha value is -5.23. The number of aliphatic hydroxyl groups is 1. The van der Waals surface area contributed by atoms with Crippen molar-refractivity contribution in [3.8, 4) is 0 Å². The summed E-state index contributed by atoms with van der Waals surface area (Å²) in [7, 11) is 0. The van der Waals surface area contributed by atoms with Crippen LogP contribution in [0.1, 0.15) is 56.7 Å². The molecule has 0 saturated carbocycles. The number of ether oxygens (including phenoxy) is 1. The molecule has 5 amide bonds. The first-order valence-corrected chi connectivity index (χ1v) is 16.7. The second-order valence-corrected chi connectivity index (χ2v) is 13.4. The van der Waals surface area contributed by atoms with Crippen molar-refractivity contribution in [1.29, 1.82) is 0 Å². The van der Waals surface area contributed by atoms with Crippen molar-refractivity contribution in [1.82, 2.24) is 16.0 Å². The summed E-state index contributed by atoms with van der Waals surface area (Å²) < 4.78 is 5.46. The summed E-state index contributed by atoms with van der Waals surface area (Å²) in [6, 6.07) is 24.2. The molecule has 0 aliphatic heterocycles. The van der Waals surface area contributed by atoms with Crippen LogP contribution in [0.25, 0.3) is 0 Å². The van der Waals surface area contributed by atoms with Gasteiger partial charge in [-0.1, -0.05) is 91.0 Å². The second kappa shape index (κ2) is 19.1. The van der Waals surface area contributed by atoms with Gasteiger partial charge in [0.25, 0.3) is 0 Å². The minimum absolute atomic E-state index is 0.101. The van der Waals surface area contributed by atoms with Crippen molar-refractivity contribution in [2.45, 2.75) is 89.1 Å². The minimum atomic E-state index is -1.25. The van der Waals surface area contributed by atoms with Gasteiger partial charge < -0.3 is 37.3 Å². The summed E-state index contributed by atoms with van der Waals surface area (Å²) in [5.41, 5.74) is 12.6. The number of hydrogen-bond donors (Lipinski definition) is 6. The number of rotatable bonds is 18. The summed E-state index contributed by atoms with van der Waals surface area (Å²) in [5.74, 6) is -3.62. The van der Waals surface area contributed by atoms with Gasteiger partial charge in [-0.15, -0.1) is 0 Å². The average Bonchev–Trinajstić information content (AvgIpc) is 3.06. The van der Waals surface area contributed by atoms with Crippen LogP contribution in [-0.2, 0) is 43.2 Å². The van der Waals surface area contributed by atoms with Crippen LogP contribution >= 0.6 is 0 Å². The lowest BCUT2D eigenvalue weighted by molar-refractivity contribution is -0.133. The monoisotopic (exact) mass is 687 g/mol. The van der Waals surface area contributed by atoms with Gasteiger partial charge in [-0.3, -0.25) is 19.2 Å². The van der Waals surface area contributed by atoms with Crippen LogP contribution in [0.5, 0.6) is 0 Å². The van der Waals surface area contributed by atoms with Gasteiger partial charge >= 0.3 is 6.09 Å². The number of primary amides is 2. The van der Waals surface area contributed by atoms with Crippen LogP contribution in [-0.4, -0.2) is 64.7 Å². The number of nitrogens with two attached hydrogens (primary N) is 2. The second-order valence-electron chi connectivity index (χ2n) is 13.4. The van der Waals surface area contributed by atoms with Crippen LogP contribution in [0.15, 0.2) is 91.0 Å². The fourth-order valence-corrected chi connectivity index (χ4v) is 5.44. The zero-order valence-electron chi connectivity index (χ0n) is 28.8. The van der Waals surface area contributed by atoms with Gasteiger partial charge in [0.15, 0.2) is 0 Å². The maximum absolute atomic E-state index is 14.0. The molecule has 0 spiro atoms. The standard InChI is InChI=1S/C38H49N5O7/c1-38(2,3)50-37(49)43-30(22-26-15-9-5-10-16-26)32(44)24-28(21-25-13-7-4-8-14-25)35(47)41-29(19-20-33(39)45)36(48)42-31(34(40)46)23-27-17-11-6-12-18-27/h4-18,28-32,44H,19-24H2,1-3H3,(H2,39,45)(H2,40,46)(H,41,47)(H,42,48)(H,43,49)/t28-,29-,30-,31-,32-/m0/s1. The molecule has 0 unspecified atom stereocenters. The molecule has 50 heavy (non-hydrogen) atoms. The lowest BCUT2D eigenvalue weighted by Gasteiger charge is -2.30. The van der Waals surface area contributed by atoms with Crippen LogP contribution in [0.4, 0.5) is 4.79 Å². The van der Waals surface area contributed by atoms with Crippen molar-refractivity contribution in [2.75, 3.05) is 0 Å². The number of amides is 5. The highest BCUT2D eigenvalue weighted by atomic mass is 16.6. The molecule has 3 aromatic carbocycles. The topological polar surface area (TPSA) is 203 Å². The number of nitrogens with one attached hydrogen (secondary N) is 3. The highest BCUT2D eigenvalue weighted by Gasteiger charge is 2.33. The van der Waals surface area contributed by atoms with E-state index in [1.807, 2.05) is 66.7 Å². The van der Waals surface area contributed by atoms with Gasteiger partial charge in [0.05, 0.1) is 12.1 Å². The Morgan fingerprint density at radius 1 is 0.680 bits per heavy atom. The summed E-state index contributed by atoms with van der Waals surface area (Å²) >= 11 is 0. The van der Waals surface area contributed by atoms with E-state index < -0.39 is 65.5 Å². The van der Waals surface area contributed by atoms with E-state index in [1.54, 1.807) is 45.0 Å². The Balaban J connectivity index is 1.86. The molecular formula is C38H49N5O7. The van der Waals surface area contributed by atoms with Gasteiger partial charge in [0.2, 0.25) is 23.6 Å². The minimum Gasteiger partial charge on any atom is -0.444 e. The lowest BCUT2D eigenvalue weighted by atomic mass is 9.88. The first-order valence-electron chi connectivity index (χ1n) is 16.7. The maximum atomic E-state index is 14.0. The molecule has 0 aliphatic rings. The highest BCUT2D eigenvalue weighted by Crippen LogP contribution is 2.20. The van der Waals surface area contributed by atoms with E-state index >= 15 is 0 Å². The van der Waals surface area contributed by atoms with Crippen molar-refractivity contribution in [2.24, 2.45) is 17.4 Å². The molecule has 12 heteroatoms. The molecule has 3 rings (SSSR count). The average molecular weight is 688 g/mol. The van der Waals surface area contributed by atoms with Gasteiger partial charge in [-0.25, -0.2) is 4.79 Å². The van der Waals surface area contributed by atoms with Crippen LogP contribution < -0.4 is 27.4 Å². The van der Waals surface area contributed by atoms with E-state index in [4.69, 9.17) is 16.2 Å². The number of hydrogen-bond acceptors (Lipinski definition) is 7. The van der Waals surface area contributed by atoms with Crippen molar-refractivity contribution in [3.05, 3.63) is 108 Å². The summed E-state index contributed by atoms with van der Waals surface area (Å²) in [5, 5.41) is 19.7. The fourth-order valence-electron chi connectivity index (χ4n) is 5.44. The van der Waals surface area contributed by atoms with Crippen molar-refractivity contribution < 1.29 is 33.8 Å². The van der Waals surface area contributed by atoms with Gasteiger partial charge in [-0.2, -0.15) is 0 Å². The largest absolute Gasteiger partial charge is 0.444 e. The Kier molecular flexibility index (Phi) is 15.0. The van der Waals surface area contributed by atoms with E-state index in [2.05, 4.69) is 16.0 Å². The smallest absolute Gasteiger partial charge is 0.407 e. The number of benzene rings is 3. The fraction of sp³-hybridized carbons (Fsp3) is 0.395. The normalized spacial score (nSPS) is 14.2. The van der Waals surface area contributed by atoms with E-state index in [9.17, 15) is 29.1 Å². The molecule has 5 atom stereocenters. The van der Waals surface area contributed by atoms with Gasteiger partial charge in [0, 0.05) is 18.8 Å². The molecular weight excluding hydrogens is 638 g/mol. The Morgan fingerprint density at radius 3 is 1.64 bits per heavy atom. The molecule has 12 nitrogen and oxygen atoms in total. The Morgan fingerprint density at radius 2 is 1.16 bits per heavy atom.